The predicted molar refractivity (Wildman–Crippen MR) is 67.1 cm³/mol. The van der Waals surface area contributed by atoms with E-state index >= 15 is 0 Å². The lowest BCUT2D eigenvalue weighted by Gasteiger charge is -2.36. The number of hydrogen-bond acceptors (Lipinski definition) is 4. The average molecular weight is 235 g/mol. The third-order valence-corrected chi connectivity index (χ3v) is 2.88. The number of anilines is 2. The summed E-state index contributed by atoms with van der Waals surface area (Å²) in [6, 6.07) is 5.29. The molecular formula is C12H17N3O2. The molecule has 17 heavy (non-hydrogen) atoms. The Balaban J connectivity index is 2.30. The Morgan fingerprint density at radius 3 is 2.65 bits per heavy atom. The van der Waals surface area contributed by atoms with E-state index in [4.69, 9.17) is 5.73 Å². The molecule has 0 atom stereocenters. The summed E-state index contributed by atoms with van der Waals surface area (Å²) in [5, 5.41) is 9.22. The quantitative estimate of drug-likeness (QED) is 0.716. The van der Waals surface area contributed by atoms with Gasteiger partial charge in [-0.2, -0.15) is 0 Å². The number of β-amino-alcohol motifs (C(OH)–C–C–N with tert-alkyl or cyclic N) is 1. The standard InChI is InChI=1S/C12H17N3O2/c1-14(2)11-4-3-8(13)5-10(11)12(17)15-6-9(16)7-15/h3-5,9,16H,6-7,13H2,1-2H3. The minimum Gasteiger partial charge on any atom is -0.399 e. The first kappa shape index (κ1) is 11.7. The molecule has 92 valence electrons. The van der Waals surface area contributed by atoms with Crippen LogP contribution in [-0.2, 0) is 0 Å². The highest BCUT2D eigenvalue weighted by molar-refractivity contribution is 6.01. The number of aliphatic hydroxyl groups is 1. The molecule has 5 heteroatoms. The van der Waals surface area contributed by atoms with Crippen LogP contribution in [0.25, 0.3) is 0 Å². The summed E-state index contributed by atoms with van der Waals surface area (Å²) in [4.78, 5) is 15.7. The highest BCUT2D eigenvalue weighted by Crippen LogP contribution is 2.24. The topological polar surface area (TPSA) is 69.8 Å². The maximum atomic E-state index is 12.2. The fourth-order valence-corrected chi connectivity index (χ4v) is 1.91. The number of carbonyl (C=O) groups excluding carboxylic acids is 1. The summed E-state index contributed by atoms with van der Waals surface area (Å²) < 4.78 is 0. The Hall–Kier alpha value is -1.75. The molecule has 1 aliphatic heterocycles. The molecule has 1 saturated heterocycles. The molecule has 0 unspecified atom stereocenters. The Kier molecular flexibility index (Phi) is 2.93. The summed E-state index contributed by atoms with van der Waals surface area (Å²) in [5.41, 5.74) is 7.71. The van der Waals surface area contributed by atoms with E-state index in [9.17, 15) is 9.90 Å². The van der Waals surface area contributed by atoms with Gasteiger partial charge >= 0.3 is 0 Å². The van der Waals surface area contributed by atoms with Crippen LogP contribution >= 0.6 is 0 Å². The summed E-state index contributed by atoms with van der Waals surface area (Å²) >= 11 is 0. The fourth-order valence-electron chi connectivity index (χ4n) is 1.91. The van der Waals surface area contributed by atoms with Crippen molar-refractivity contribution < 1.29 is 9.90 Å². The zero-order valence-electron chi connectivity index (χ0n) is 10.1. The van der Waals surface area contributed by atoms with Gasteiger partial charge < -0.3 is 20.6 Å². The van der Waals surface area contributed by atoms with Crippen LogP contribution < -0.4 is 10.6 Å². The van der Waals surface area contributed by atoms with E-state index in [0.717, 1.165) is 5.69 Å². The Morgan fingerprint density at radius 2 is 2.12 bits per heavy atom. The SMILES string of the molecule is CN(C)c1ccc(N)cc1C(=O)N1CC(O)C1. The molecule has 5 nitrogen and oxygen atoms in total. The number of aliphatic hydroxyl groups excluding tert-OH is 1. The minimum absolute atomic E-state index is 0.0775. The molecule has 1 aliphatic rings. The van der Waals surface area contributed by atoms with E-state index in [1.165, 1.54) is 0 Å². The summed E-state index contributed by atoms with van der Waals surface area (Å²) in [5.74, 6) is -0.0775. The largest absolute Gasteiger partial charge is 0.399 e. The Labute approximate surface area is 100 Å². The van der Waals surface area contributed by atoms with E-state index < -0.39 is 0 Å². The molecule has 1 heterocycles. The van der Waals surface area contributed by atoms with Crippen LogP contribution in [0.5, 0.6) is 0 Å². The number of nitrogens with zero attached hydrogens (tertiary/aromatic N) is 2. The number of benzene rings is 1. The smallest absolute Gasteiger partial charge is 0.256 e. The van der Waals surface area contributed by atoms with Crippen molar-refractivity contribution in [2.24, 2.45) is 0 Å². The summed E-state index contributed by atoms with van der Waals surface area (Å²) in [7, 11) is 3.76. The van der Waals surface area contributed by atoms with Gasteiger partial charge in [0.15, 0.2) is 0 Å². The number of carbonyl (C=O) groups is 1. The van der Waals surface area contributed by atoms with Gasteiger partial charge in [0.05, 0.1) is 11.7 Å². The van der Waals surface area contributed by atoms with Gasteiger partial charge in [0.2, 0.25) is 0 Å². The normalized spacial score (nSPS) is 15.6. The molecule has 0 aromatic heterocycles. The van der Waals surface area contributed by atoms with Gasteiger partial charge in [0.25, 0.3) is 5.91 Å². The Morgan fingerprint density at radius 1 is 1.47 bits per heavy atom. The van der Waals surface area contributed by atoms with Crippen molar-refractivity contribution in [3.05, 3.63) is 23.8 Å². The third-order valence-electron chi connectivity index (χ3n) is 2.88. The molecule has 1 fully saturated rings. The molecular weight excluding hydrogens is 218 g/mol. The molecule has 2 rings (SSSR count). The van der Waals surface area contributed by atoms with Crippen LogP contribution in [0.4, 0.5) is 11.4 Å². The van der Waals surface area contributed by atoms with E-state index in [2.05, 4.69) is 0 Å². The van der Waals surface area contributed by atoms with Gasteiger partial charge in [-0.3, -0.25) is 4.79 Å². The molecule has 0 saturated carbocycles. The van der Waals surface area contributed by atoms with Crippen LogP contribution in [-0.4, -0.2) is 49.2 Å². The van der Waals surface area contributed by atoms with Crippen molar-refractivity contribution in [2.45, 2.75) is 6.10 Å². The van der Waals surface area contributed by atoms with Crippen LogP contribution in [0, 0.1) is 0 Å². The van der Waals surface area contributed by atoms with Gasteiger partial charge in [-0.15, -0.1) is 0 Å². The molecule has 1 amide bonds. The van der Waals surface area contributed by atoms with Gasteiger partial charge in [-0.05, 0) is 18.2 Å². The lowest BCUT2D eigenvalue weighted by Crippen LogP contribution is -2.53. The second-order valence-electron chi connectivity index (χ2n) is 4.53. The van der Waals surface area contributed by atoms with Crippen LogP contribution in [0.2, 0.25) is 0 Å². The zero-order chi connectivity index (χ0) is 12.6. The Bertz CT molecular complexity index is 439. The highest BCUT2D eigenvalue weighted by atomic mass is 16.3. The van der Waals surface area contributed by atoms with Crippen molar-refractivity contribution in [2.75, 3.05) is 37.8 Å². The average Bonchev–Trinajstić information content (AvgIpc) is 2.23. The van der Waals surface area contributed by atoms with Crippen LogP contribution in [0.15, 0.2) is 18.2 Å². The van der Waals surface area contributed by atoms with E-state index in [0.29, 0.717) is 24.3 Å². The number of amides is 1. The van der Waals surface area contributed by atoms with Crippen molar-refractivity contribution in [1.29, 1.82) is 0 Å². The lowest BCUT2D eigenvalue weighted by molar-refractivity contribution is 0.00594. The number of nitrogen functional groups attached to an aromatic ring is 1. The van der Waals surface area contributed by atoms with Gasteiger partial charge in [0, 0.05) is 38.6 Å². The zero-order valence-corrected chi connectivity index (χ0v) is 10.1. The number of hydrogen-bond donors (Lipinski definition) is 2. The molecule has 0 spiro atoms. The molecule has 1 aromatic rings. The molecule has 0 aliphatic carbocycles. The summed E-state index contributed by atoms with van der Waals surface area (Å²) in [6.07, 6.45) is -0.386. The maximum Gasteiger partial charge on any atom is 0.256 e. The predicted octanol–water partition coefficient (Wildman–Crippen LogP) is 0.152. The first-order valence-electron chi connectivity index (χ1n) is 5.53. The molecule has 0 radical (unpaired) electrons. The fraction of sp³-hybridized carbons (Fsp3) is 0.417. The van der Waals surface area contributed by atoms with Crippen molar-refractivity contribution in [1.82, 2.24) is 4.90 Å². The van der Waals surface area contributed by atoms with Gasteiger partial charge in [-0.25, -0.2) is 0 Å². The van der Waals surface area contributed by atoms with Crippen LogP contribution in [0.3, 0.4) is 0 Å². The van der Waals surface area contributed by atoms with Crippen LogP contribution in [0.1, 0.15) is 10.4 Å². The first-order chi connectivity index (χ1) is 7.99. The second-order valence-corrected chi connectivity index (χ2v) is 4.53. The highest BCUT2D eigenvalue weighted by Gasteiger charge is 2.30. The molecule has 3 N–H and O–H groups in total. The minimum atomic E-state index is -0.386. The second kappa shape index (κ2) is 4.25. The first-order valence-corrected chi connectivity index (χ1v) is 5.53. The van der Waals surface area contributed by atoms with Crippen molar-refractivity contribution in [3.63, 3.8) is 0 Å². The van der Waals surface area contributed by atoms with Crippen molar-refractivity contribution >= 4 is 17.3 Å². The summed E-state index contributed by atoms with van der Waals surface area (Å²) in [6.45, 7) is 0.807. The van der Waals surface area contributed by atoms with Crippen molar-refractivity contribution in [3.8, 4) is 0 Å². The van der Waals surface area contributed by atoms with Gasteiger partial charge in [-0.1, -0.05) is 0 Å². The monoisotopic (exact) mass is 235 g/mol. The third kappa shape index (κ3) is 2.19. The molecule has 1 aromatic carbocycles. The van der Waals surface area contributed by atoms with E-state index in [1.54, 1.807) is 17.0 Å². The molecule has 0 bridgehead atoms. The number of rotatable bonds is 2. The van der Waals surface area contributed by atoms with E-state index in [-0.39, 0.29) is 12.0 Å². The van der Waals surface area contributed by atoms with E-state index in [1.807, 2.05) is 25.1 Å². The maximum absolute atomic E-state index is 12.2. The van der Waals surface area contributed by atoms with Gasteiger partial charge in [0.1, 0.15) is 0 Å². The lowest BCUT2D eigenvalue weighted by atomic mass is 10.1. The number of likely N-dealkylation sites (tertiary alicyclic amines) is 1. The number of nitrogens with two attached hydrogens (primary N) is 1.